The van der Waals surface area contributed by atoms with Crippen molar-refractivity contribution in [3.05, 3.63) is 36.4 Å². The van der Waals surface area contributed by atoms with Gasteiger partial charge in [-0.3, -0.25) is 0 Å². The van der Waals surface area contributed by atoms with Crippen LogP contribution in [-0.4, -0.2) is 51.9 Å². The van der Waals surface area contributed by atoms with Crippen LogP contribution in [-0.2, 0) is 10.0 Å². The largest absolute Gasteiger partial charge is 0.399 e. The summed E-state index contributed by atoms with van der Waals surface area (Å²) in [6, 6.07) is 10.5. The minimum atomic E-state index is -3.51. The molecule has 6 heteroatoms. The fourth-order valence-electron chi connectivity index (χ4n) is 2.13. The average molecular weight is 307 g/mol. The summed E-state index contributed by atoms with van der Waals surface area (Å²) in [4.78, 5) is 2.27. The van der Waals surface area contributed by atoms with E-state index in [1.165, 1.54) is 4.31 Å². The predicted molar refractivity (Wildman–Crippen MR) is 86.7 cm³/mol. The zero-order valence-electron chi connectivity index (χ0n) is 12.6. The highest BCUT2D eigenvalue weighted by Crippen LogP contribution is 2.26. The number of nitrogen functional groups attached to an aromatic ring is 1. The molecule has 2 aromatic rings. The maximum absolute atomic E-state index is 12.7. The number of sulfonamides is 1. The Balaban J connectivity index is 2.45. The van der Waals surface area contributed by atoms with Crippen molar-refractivity contribution in [2.75, 3.05) is 40.0 Å². The lowest BCUT2D eigenvalue weighted by Gasteiger charge is -2.20. The van der Waals surface area contributed by atoms with Crippen LogP contribution in [0, 0.1) is 0 Å². The third kappa shape index (κ3) is 3.34. The lowest BCUT2D eigenvalue weighted by Crippen LogP contribution is -2.33. The van der Waals surface area contributed by atoms with Gasteiger partial charge in [0.25, 0.3) is 0 Å². The first-order valence-electron chi connectivity index (χ1n) is 6.71. The third-order valence-corrected chi connectivity index (χ3v) is 5.33. The normalized spacial score (nSPS) is 12.4. The highest BCUT2D eigenvalue weighted by atomic mass is 32.2. The van der Waals surface area contributed by atoms with Crippen LogP contribution in [0.15, 0.2) is 41.3 Å². The van der Waals surface area contributed by atoms with Crippen molar-refractivity contribution in [3.8, 4) is 0 Å². The Morgan fingerprint density at radius 3 is 2.43 bits per heavy atom. The maximum Gasteiger partial charge on any atom is 0.243 e. The van der Waals surface area contributed by atoms with E-state index in [2.05, 4.69) is 0 Å². The summed E-state index contributed by atoms with van der Waals surface area (Å²) in [6.45, 7) is 1.12. The minimum Gasteiger partial charge on any atom is -0.399 e. The zero-order chi connectivity index (χ0) is 15.6. The molecule has 2 rings (SSSR count). The molecule has 0 spiro atoms. The first-order chi connectivity index (χ1) is 9.82. The molecule has 0 unspecified atom stereocenters. The molecule has 0 amide bonds. The number of rotatable bonds is 5. The smallest absolute Gasteiger partial charge is 0.243 e. The van der Waals surface area contributed by atoms with Crippen LogP contribution in [0.3, 0.4) is 0 Å². The van der Waals surface area contributed by atoms with Gasteiger partial charge in [0.15, 0.2) is 0 Å². The van der Waals surface area contributed by atoms with Crippen molar-refractivity contribution in [2.24, 2.45) is 0 Å². The SMILES string of the molecule is CN(C)CCN(C)S(=O)(=O)c1cccc2cc(N)ccc12. The summed E-state index contributed by atoms with van der Waals surface area (Å²) < 4.78 is 26.8. The number of fused-ring (bicyclic) bond motifs is 1. The van der Waals surface area contributed by atoms with Crippen LogP contribution in [0.4, 0.5) is 5.69 Å². The summed E-state index contributed by atoms with van der Waals surface area (Å²) in [6.07, 6.45) is 0. The van der Waals surface area contributed by atoms with E-state index in [0.717, 1.165) is 5.39 Å². The van der Waals surface area contributed by atoms with Gasteiger partial charge in [-0.15, -0.1) is 0 Å². The Morgan fingerprint density at radius 1 is 1.05 bits per heavy atom. The van der Waals surface area contributed by atoms with E-state index in [1.54, 1.807) is 37.4 Å². The van der Waals surface area contributed by atoms with Crippen LogP contribution in [0.5, 0.6) is 0 Å². The van der Waals surface area contributed by atoms with E-state index in [-0.39, 0.29) is 0 Å². The lowest BCUT2D eigenvalue weighted by atomic mass is 10.1. The van der Waals surface area contributed by atoms with Crippen LogP contribution >= 0.6 is 0 Å². The molecular formula is C15H21N3O2S. The Morgan fingerprint density at radius 2 is 1.76 bits per heavy atom. The van der Waals surface area contributed by atoms with Crippen molar-refractivity contribution in [3.63, 3.8) is 0 Å². The van der Waals surface area contributed by atoms with Gasteiger partial charge in [-0.05, 0) is 37.7 Å². The number of likely N-dealkylation sites (N-methyl/N-ethyl adjacent to an activating group) is 2. The summed E-state index contributed by atoms with van der Waals surface area (Å²) in [5.41, 5.74) is 6.38. The Bertz CT molecular complexity index is 742. The van der Waals surface area contributed by atoms with Crippen LogP contribution in [0.1, 0.15) is 0 Å². The van der Waals surface area contributed by atoms with E-state index >= 15 is 0 Å². The minimum absolute atomic E-state index is 0.321. The Labute approximate surface area is 126 Å². The van der Waals surface area contributed by atoms with Gasteiger partial charge in [-0.1, -0.05) is 18.2 Å². The van der Waals surface area contributed by atoms with Gasteiger partial charge in [-0.25, -0.2) is 8.42 Å². The molecule has 0 atom stereocenters. The van der Waals surface area contributed by atoms with E-state index in [1.807, 2.05) is 25.1 Å². The van der Waals surface area contributed by atoms with Gasteiger partial charge in [-0.2, -0.15) is 4.31 Å². The van der Waals surface area contributed by atoms with E-state index in [9.17, 15) is 8.42 Å². The van der Waals surface area contributed by atoms with E-state index in [0.29, 0.717) is 29.1 Å². The number of nitrogens with two attached hydrogens (primary N) is 1. The molecule has 0 radical (unpaired) electrons. The van der Waals surface area contributed by atoms with Crippen LogP contribution < -0.4 is 5.73 Å². The monoisotopic (exact) mass is 307 g/mol. The third-order valence-electron chi connectivity index (χ3n) is 3.41. The van der Waals surface area contributed by atoms with Crippen molar-refractivity contribution in [1.29, 1.82) is 0 Å². The second-order valence-corrected chi connectivity index (χ2v) is 7.38. The summed E-state index contributed by atoms with van der Waals surface area (Å²) >= 11 is 0. The number of benzene rings is 2. The molecule has 0 fully saturated rings. The first-order valence-corrected chi connectivity index (χ1v) is 8.15. The fraction of sp³-hybridized carbons (Fsp3) is 0.333. The highest BCUT2D eigenvalue weighted by Gasteiger charge is 2.22. The quantitative estimate of drug-likeness (QED) is 0.852. The highest BCUT2D eigenvalue weighted by molar-refractivity contribution is 7.89. The van der Waals surface area contributed by atoms with Gasteiger partial charge < -0.3 is 10.6 Å². The fourth-order valence-corrected chi connectivity index (χ4v) is 3.50. The molecule has 21 heavy (non-hydrogen) atoms. The number of anilines is 1. The maximum atomic E-state index is 12.7. The summed E-state index contributed by atoms with van der Waals surface area (Å²) in [7, 11) is 1.93. The van der Waals surface area contributed by atoms with E-state index in [4.69, 9.17) is 5.73 Å². The van der Waals surface area contributed by atoms with Gasteiger partial charge >= 0.3 is 0 Å². The average Bonchev–Trinajstić information content (AvgIpc) is 2.43. The van der Waals surface area contributed by atoms with Crippen LogP contribution in [0.25, 0.3) is 10.8 Å². The molecule has 114 valence electrons. The molecule has 0 aliphatic carbocycles. The summed E-state index contributed by atoms with van der Waals surface area (Å²) in [5.74, 6) is 0. The molecule has 2 aromatic carbocycles. The molecule has 0 saturated carbocycles. The second kappa shape index (κ2) is 6.01. The molecule has 2 N–H and O–H groups in total. The standard InChI is InChI=1S/C15H21N3O2S/c1-17(2)9-10-18(3)21(19,20)15-6-4-5-12-11-13(16)7-8-14(12)15/h4-8,11H,9-10,16H2,1-3H3. The van der Waals surface area contributed by atoms with Crippen molar-refractivity contribution in [1.82, 2.24) is 9.21 Å². The van der Waals surface area contributed by atoms with Gasteiger partial charge in [0.1, 0.15) is 0 Å². The number of nitrogens with zero attached hydrogens (tertiary/aromatic N) is 2. The van der Waals surface area contributed by atoms with Crippen molar-refractivity contribution >= 4 is 26.5 Å². The predicted octanol–water partition coefficient (Wildman–Crippen LogP) is 1.60. The van der Waals surface area contributed by atoms with E-state index < -0.39 is 10.0 Å². The molecule has 0 heterocycles. The molecule has 0 aliphatic rings. The van der Waals surface area contributed by atoms with Crippen molar-refractivity contribution < 1.29 is 8.42 Å². The molecule has 0 bridgehead atoms. The van der Waals surface area contributed by atoms with Gasteiger partial charge in [0.2, 0.25) is 10.0 Å². The summed E-state index contributed by atoms with van der Waals surface area (Å²) in [5, 5.41) is 1.53. The lowest BCUT2D eigenvalue weighted by molar-refractivity contribution is 0.358. The number of hydrogen-bond donors (Lipinski definition) is 1. The molecule has 0 aliphatic heterocycles. The van der Waals surface area contributed by atoms with Gasteiger partial charge in [0.05, 0.1) is 4.90 Å². The molecule has 0 saturated heterocycles. The second-order valence-electron chi connectivity index (χ2n) is 5.37. The van der Waals surface area contributed by atoms with Crippen molar-refractivity contribution in [2.45, 2.75) is 4.90 Å². The molecular weight excluding hydrogens is 286 g/mol. The Hall–Kier alpha value is -1.63. The zero-order valence-corrected chi connectivity index (χ0v) is 13.4. The van der Waals surface area contributed by atoms with Crippen LogP contribution in [0.2, 0.25) is 0 Å². The first kappa shape index (κ1) is 15.8. The molecule has 0 aromatic heterocycles. The molecule has 5 nitrogen and oxygen atoms in total. The number of hydrogen-bond acceptors (Lipinski definition) is 4. The van der Waals surface area contributed by atoms with Gasteiger partial charge in [0, 0.05) is 31.2 Å². The topological polar surface area (TPSA) is 66.6 Å². The Kier molecular flexibility index (Phi) is 4.51.